The minimum atomic E-state index is 0.654. The zero-order valence-corrected chi connectivity index (χ0v) is 9.91. The minimum Gasteiger partial charge on any atom is -0.467 e. The van der Waals surface area contributed by atoms with Gasteiger partial charge in [0.2, 0.25) is 0 Å². The highest BCUT2D eigenvalue weighted by Crippen LogP contribution is 2.17. The van der Waals surface area contributed by atoms with Gasteiger partial charge in [-0.05, 0) is 46.6 Å². The van der Waals surface area contributed by atoms with E-state index in [1.807, 2.05) is 25.1 Å². The highest BCUT2D eigenvalue weighted by molar-refractivity contribution is 9.10. The molecule has 2 rings (SSSR count). The summed E-state index contributed by atoms with van der Waals surface area (Å²) in [6.07, 6.45) is 3.46. The Morgan fingerprint density at radius 2 is 2.40 bits per heavy atom. The maximum Gasteiger partial charge on any atom is 0.126 e. The van der Waals surface area contributed by atoms with E-state index >= 15 is 0 Å². The van der Waals surface area contributed by atoms with Crippen molar-refractivity contribution >= 4 is 21.7 Å². The first-order valence-corrected chi connectivity index (χ1v) is 5.43. The summed E-state index contributed by atoms with van der Waals surface area (Å²) < 4.78 is 6.23. The van der Waals surface area contributed by atoms with E-state index in [4.69, 9.17) is 4.42 Å². The van der Waals surface area contributed by atoms with Crippen LogP contribution in [0.1, 0.15) is 11.3 Å². The smallest absolute Gasteiger partial charge is 0.126 e. The Kier molecular flexibility index (Phi) is 3.06. The highest BCUT2D eigenvalue weighted by Gasteiger charge is 1.99. The molecule has 0 bridgehead atoms. The predicted octanol–water partition coefficient (Wildman–Crippen LogP) is 3.36. The van der Waals surface area contributed by atoms with Gasteiger partial charge in [0, 0.05) is 10.7 Å². The van der Waals surface area contributed by atoms with Crippen LogP contribution in [0.4, 0.5) is 5.82 Å². The van der Waals surface area contributed by atoms with Crippen molar-refractivity contribution in [2.45, 2.75) is 13.5 Å². The molecule has 2 aromatic rings. The van der Waals surface area contributed by atoms with E-state index in [-0.39, 0.29) is 0 Å². The Morgan fingerprint density at radius 1 is 1.53 bits per heavy atom. The predicted molar refractivity (Wildman–Crippen MR) is 62.7 cm³/mol. The molecule has 2 aromatic heterocycles. The molecule has 0 spiro atoms. The topological polar surface area (TPSA) is 38.1 Å². The number of anilines is 1. The van der Waals surface area contributed by atoms with E-state index in [9.17, 15) is 0 Å². The van der Waals surface area contributed by atoms with Crippen molar-refractivity contribution in [3.05, 3.63) is 46.5 Å². The number of hydrogen-bond donors (Lipinski definition) is 1. The van der Waals surface area contributed by atoms with E-state index in [1.165, 1.54) is 0 Å². The van der Waals surface area contributed by atoms with Crippen LogP contribution < -0.4 is 5.32 Å². The second-order valence-corrected chi connectivity index (χ2v) is 4.11. The van der Waals surface area contributed by atoms with Gasteiger partial charge in [-0.15, -0.1) is 0 Å². The number of nitrogens with zero attached hydrogens (tertiary/aromatic N) is 1. The number of furan rings is 1. The van der Waals surface area contributed by atoms with Crippen molar-refractivity contribution in [1.82, 2.24) is 4.98 Å². The molecule has 0 saturated heterocycles. The number of hydrogen-bond acceptors (Lipinski definition) is 3. The Labute approximate surface area is 96.6 Å². The first-order chi connectivity index (χ1) is 7.25. The molecule has 0 aliphatic carbocycles. The summed E-state index contributed by atoms with van der Waals surface area (Å²) in [6, 6.07) is 5.79. The van der Waals surface area contributed by atoms with Crippen LogP contribution in [0.25, 0.3) is 0 Å². The van der Waals surface area contributed by atoms with Crippen LogP contribution in [0, 0.1) is 6.92 Å². The third-order valence-electron chi connectivity index (χ3n) is 2.07. The maximum absolute atomic E-state index is 5.21. The van der Waals surface area contributed by atoms with Crippen LogP contribution in [0.3, 0.4) is 0 Å². The molecule has 0 amide bonds. The number of aryl methyl sites for hydroxylation is 1. The van der Waals surface area contributed by atoms with E-state index in [0.29, 0.717) is 6.54 Å². The van der Waals surface area contributed by atoms with Crippen molar-refractivity contribution in [3.8, 4) is 0 Å². The van der Waals surface area contributed by atoms with Gasteiger partial charge in [-0.25, -0.2) is 4.98 Å². The standard InChI is InChI=1S/C11H11BrN2O/c1-8-5-11(14-7-10(8)12)13-6-9-3-2-4-15-9/h2-5,7H,6H2,1H3,(H,13,14). The fourth-order valence-corrected chi connectivity index (χ4v) is 1.44. The fraction of sp³-hybridized carbons (Fsp3) is 0.182. The fourth-order valence-electron chi connectivity index (χ4n) is 1.23. The number of aromatic nitrogens is 1. The first kappa shape index (κ1) is 10.2. The largest absolute Gasteiger partial charge is 0.467 e. The zero-order chi connectivity index (χ0) is 10.7. The van der Waals surface area contributed by atoms with E-state index in [2.05, 4.69) is 26.2 Å². The molecule has 1 N–H and O–H groups in total. The molecule has 0 aliphatic heterocycles. The molecule has 4 heteroatoms. The second kappa shape index (κ2) is 4.49. The molecule has 0 unspecified atom stereocenters. The molecule has 3 nitrogen and oxygen atoms in total. The lowest BCUT2D eigenvalue weighted by Gasteiger charge is -2.05. The van der Waals surface area contributed by atoms with Gasteiger partial charge >= 0.3 is 0 Å². The summed E-state index contributed by atoms with van der Waals surface area (Å²) in [4.78, 5) is 4.24. The van der Waals surface area contributed by atoms with Gasteiger partial charge < -0.3 is 9.73 Å². The molecule has 0 atom stereocenters. The van der Waals surface area contributed by atoms with Crippen LogP contribution in [0.5, 0.6) is 0 Å². The second-order valence-electron chi connectivity index (χ2n) is 3.25. The lowest BCUT2D eigenvalue weighted by molar-refractivity contribution is 0.518. The lowest BCUT2D eigenvalue weighted by atomic mass is 10.3. The average Bonchev–Trinajstić information content (AvgIpc) is 2.73. The zero-order valence-electron chi connectivity index (χ0n) is 8.33. The number of pyridine rings is 1. The Morgan fingerprint density at radius 3 is 3.07 bits per heavy atom. The molecule has 15 heavy (non-hydrogen) atoms. The van der Waals surface area contributed by atoms with Gasteiger partial charge in [0.1, 0.15) is 11.6 Å². The molecule has 0 aliphatic rings. The van der Waals surface area contributed by atoms with Gasteiger partial charge in [-0.2, -0.15) is 0 Å². The molecular formula is C11H11BrN2O. The molecule has 0 fully saturated rings. The monoisotopic (exact) mass is 266 g/mol. The van der Waals surface area contributed by atoms with Gasteiger partial charge in [0.05, 0.1) is 12.8 Å². The van der Waals surface area contributed by atoms with E-state index in [0.717, 1.165) is 21.6 Å². The lowest BCUT2D eigenvalue weighted by Crippen LogP contribution is -2.00. The van der Waals surface area contributed by atoms with Gasteiger partial charge in [-0.1, -0.05) is 0 Å². The van der Waals surface area contributed by atoms with E-state index < -0.39 is 0 Å². The minimum absolute atomic E-state index is 0.654. The Balaban J connectivity index is 2.02. The highest BCUT2D eigenvalue weighted by atomic mass is 79.9. The van der Waals surface area contributed by atoms with Crippen molar-refractivity contribution < 1.29 is 4.42 Å². The summed E-state index contributed by atoms with van der Waals surface area (Å²) in [5.74, 6) is 1.75. The third kappa shape index (κ3) is 2.59. The summed E-state index contributed by atoms with van der Waals surface area (Å²) in [5.41, 5.74) is 1.16. The van der Waals surface area contributed by atoms with Crippen LogP contribution >= 0.6 is 15.9 Å². The summed E-state index contributed by atoms with van der Waals surface area (Å²) in [7, 11) is 0. The van der Waals surface area contributed by atoms with Gasteiger partial charge in [-0.3, -0.25) is 0 Å². The van der Waals surface area contributed by atoms with Crippen LogP contribution in [0.15, 0.2) is 39.5 Å². The summed E-state index contributed by atoms with van der Waals surface area (Å²) >= 11 is 3.41. The Hall–Kier alpha value is -1.29. The maximum atomic E-state index is 5.21. The van der Waals surface area contributed by atoms with E-state index in [1.54, 1.807) is 12.5 Å². The van der Waals surface area contributed by atoms with Crippen LogP contribution in [-0.4, -0.2) is 4.98 Å². The molecular weight excluding hydrogens is 256 g/mol. The quantitative estimate of drug-likeness (QED) is 0.926. The number of nitrogens with one attached hydrogen (secondary N) is 1. The van der Waals surface area contributed by atoms with Crippen LogP contribution in [-0.2, 0) is 6.54 Å². The number of rotatable bonds is 3. The molecule has 0 radical (unpaired) electrons. The van der Waals surface area contributed by atoms with Crippen LogP contribution in [0.2, 0.25) is 0 Å². The van der Waals surface area contributed by atoms with Crippen molar-refractivity contribution in [1.29, 1.82) is 0 Å². The SMILES string of the molecule is Cc1cc(NCc2ccco2)ncc1Br. The molecule has 0 saturated carbocycles. The molecule has 2 heterocycles. The van der Waals surface area contributed by atoms with Crippen molar-refractivity contribution in [3.63, 3.8) is 0 Å². The Bertz CT molecular complexity index is 440. The average molecular weight is 267 g/mol. The first-order valence-electron chi connectivity index (χ1n) is 4.64. The normalized spacial score (nSPS) is 10.3. The van der Waals surface area contributed by atoms with Gasteiger partial charge in [0.15, 0.2) is 0 Å². The summed E-state index contributed by atoms with van der Waals surface area (Å²) in [5, 5.41) is 3.19. The summed E-state index contributed by atoms with van der Waals surface area (Å²) in [6.45, 7) is 2.69. The third-order valence-corrected chi connectivity index (χ3v) is 2.90. The molecule has 78 valence electrons. The van der Waals surface area contributed by atoms with Crippen molar-refractivity contribution in [2.75, 3.05) is 5.32 Å². The van der Waals surface area contributed by atoms with Crippen molar-refractivity contribution in [2.24, 2.45) is 0 Å². The molecule has 0 aromatic carbocycles. The van der Waals surface area contributed by atoms with Gasteiger partial charge in [0.25, 0.3) is 0 Å². The number of halogens is 1.